The summed E-state index contributed by atoms with van der Waals surface area (Å²) in [6.07, 6.45) is 0.789. The van der Waals surface area contributed by atoms with Crippen LogP contribution >= 0.6 is 22.9 Å². The summed E-state index contributed by atoms with van der Waals surface area (Å²) in [7, 11) is 0. The van der Waals surface area contributed by atoms with E-state index in [0.29, 0.717) is 18.2 Å². The molecule has 3 amide bonds. The van der Waals surface area contributed by atoms with Crippen molar-refractivity contribution < 1.29 is 9.59 Å². The summed E-state index contributed by atoms with van der Waals surface area (Å²) in [6.45, 7) is 8.81. The Bertz CT molecular complexity index is 956. The lowest BCUT2D eigenvalue weighted by atomic mass is 10.2. The first-order chi connectivity index (χ1) is 15.4. The molecule has 0 aliphatic carbocycles. The molecule has 0 bridgehead atoms. The molecule has 2 aliphatic heterocycles. The SMILES string of the molecule is CC(C)NC(=O)Nc1nc2c(s1)CN(CC(=O)N1CCN(c3ccc(Cl)cc3)CC1)CC2. The molecule has 1 aromatic heterocycles. The van der Waals surface area contributed by atoms with Gasteiger partial charge in [-0.3, -0.25) is 15.0 Å². The third kappa shape index (κ3) is 5.70. The first-order valence-corrected chi connectivity index (χ1v) is 12.1. The Labute approximate surface area is 197 Å². The van der Waals surface area contributed by atoms with Gasteiger partial charge in [-0.1, -0.05) is 11.6 Å². The van der Waals surface area contributed by atoms with Crippen LogP contribution in [-0.4, -0.2) is 72.0 Å². The summed E-state index contributed by atoms with van der Waals surface area (Å²) >= 11 is 7.47. The average Bonchev–Trinajstić information content (AvgIpc) is 3.15. The number of thiazole rings is 1. The molecule has 172 valence electrons. The van der Waals surface area contributed by atoms with Crippen LogP contribution in [0.4, 0.5) is 15.6 Å². The fourth-order valence-corrected chi connectivity index (χ4v) is 5.16. The highest BCUT2D eigenvalue weighted by Gasteiger charge is 2.26. The molecule has 1 fully saturated rings. The number of urea groups is 1. The van der Waals surface area contributed by atoms with Gasteiger partial charge in [0.15, 0.2) is 5.13 Å². The molecule has 2 N–H and O–H groups in total. The van der Waals surface area contributed by atoms with Crippen molar-refractivity contribution in [2.24, 2.45) is 0 Å². The Morgan fingerprint density at radius 2 is 1.84 bits per heavy atom. The number of fused-ring (bicyclic) bond motifs is 1. The van der Waals surface area contributed by atoms with Crippen LogP contribution in [0.3, 0.4) is 0 Å². The molecule has 0 atom stereocenters. The normalized spacial score (nSPS) is 16.8. The number of hydrogen-bond acceptors (Lipinski definition) is 6. The van der Waals surface area contributed by atoms with Crippen molar-refractivity contribution in [1.82, 2.24) is 20.1 Å². The highest BCUT2D eigenvalue weighted by molar-refractivity contribution is 7.15. The van der Waals surface area contributed by atoms with E-state index in [9.17, 15) is 9.59 Å². The third-order valence-electron chi connectivity index (χ3n) is 5.63. The van der Waals surface area contributed by atoms with Crippen molar-refractivity contribution >= 4 is 45.7 Å². The van der Waals surface area contributed by atoms with Crippen molar-refractivity contribution in [3.63, 3.8) is 0 Å². The van der Waals surface area contributed by atoms with Crippen LogP contribution in [0.2, 0.25) is 5.02 Å². The first-order valence-electron chi connectivity index (χ1n) is 10.9. The second-order valence-corrected chi connectivity index (χ2v) is 9.97. The van der Waals surface area contributed by atoms with Crippen LogP contribution in [0, 0.1) is 0 Å². The van der Waals surface area contributed by atoms with Gasteiger partial charge in [0.1, 0.15) is 0 Å². The minimum Gasteiger partial charge on any atom is -0.368 e. The number of halogens is 1. The van der Waals surface area contributed by atoms with E-state index in [-0.39, 0.29) is 18.0 Å². The number of nitrogens with zero attached hydrogens (tertiary/aromatic N) is 4. The minimum absolute atomic E-state index is 0.0687. The van der Waals surface area contributed by atoms with Crippen LogP contribution in [0.15, 0.2) is 24.3 Å². The molecule has 0 radical (unpaired) electrons. The van der Waals surface area contributed by atoms with Crippen LogP contribution in [-0.2, 0) is 17.8 Å². The predicted molar refractivity (Wildman–Crippen MR) is 129 cm³/mol. The lowest BCUT2D eigenvalue weighted by Gasteiger charge is -2.37. The van der Waals surface area contributed by atoms with Gasteiger partial charge in [0.2, 0.25) is 5.91 Å². The lowest BCUT2D eigenvalue weighted by Crippen LogP contribution is -2.51. The molecule has 0 spiro atoms. The second kappa shape index (κ2) is 10.1. The van der Waals surface area contributed by atoms with E-state index < -0.39 is 0 Å². The van der Waals surface area contributed by atoms with Gasteiger partial charge >= 0.3 is 6.03 Å². The standard InChI is InChI=1S/C22H29ClN6O2S/c1-15(2)24-21(31)26-22-25-18-7-8-27(13-19(18)32-22)14-20(30)29-11-9-28(10-12-29)17-5-3-16(23)4-6-17/h3-6,15H,7-14H2,1-2H3,(H2,24,25,26,31). The molecule has 2 aromatic rings. The van der Waals surface area contributed by atoms with E-state index >= 15 is 0 Å². The van der Waals surface area contributed by atoms with Crippen LogP contribution in [0.5, 0.6) is 0 Å². The molecule has 2 aliphatic rings. The lowest BCUT2D eigenvalue weighted by molar-refractivity contribution is -0.132. The summed E-state index contributed by atoms with van der Waals surface area (Å²) in [6, 6.07) is 7.67. The molecule has 10 heteroatoms. The maximum absolute atomic E-state index is 12.9. The van der Waals surface area contributed by atoms with Gasteiger partial charge in [-0.05, 0) is 38.1 Å². The van der Waals surface area contributed by atoms with Gasteiger partial charge in [-0.25, -0.2) is 9.78 Å². The predicted octanol–water partition coefficient (Wildman–Crippen LogP) is 3.03. The number of carbonyl (C=O) groups excluding carboxylic acids is 2. The average molecular weight is 477 g/mol. The summed E-state index contributed by atoms with van der Waals surface area (Å²) in [5, 5.41) is 6.96. The van der Waals surface area contributed by atoms with Gasteiger partial charge in [0, 0.05) is 67.3 Å². The van der Waals surface area contributed by atoms with Crippen LogP contribution in [0.25, 0.3) is 0 Å². The molecular weight excluding hydrogens is 448 g/mol. The number of hydrogen-bond donors (Lipinski definition) is 2. The summed E-state index contributed by atoms with van der Waals surface area (Å²) in [5.74, 6) is 0.170. The number of anilines is 2. The van der Waals surface area contributed by atoms with Crippen molar-refractivity contribution in [1.29, 1.82) is 0 Å². The molecular formula is C22H29ClN6O2S. The van der Waals surface area contributed by atoms with Crippen LogP contribution < -0.4 is 15.5 Å². The largest absolute Gasteiger partial charge is 0.368 e. The van der Waals surface area contributed by atoms with Crippen molar-refractivity contribution in [2.45, 2.75) is 32.9 Å². The number of rotatable bonds is 5. The summed E-state index contributed by atoms with van der Waals surface area (Å²) in [5.41, 5.74) is 2.16. The zero-order valence-electron chi connectivity index (χ0n) is 18.4. The van der Waals surface area contributed by atoms with E-state index in [1.165, 1.54) is 11.3 Å². The van der Waals surface area contributed by atoms with E-state index in [0.717, 1.165) is 60.4 Å². The minimum atomic E-state index is -0.240. The number of nitrogens with one attached hydrogen (secondary N) is 2. The number of piperazine rings is 1. The van der Waals surface area contributed by atoms with Gasteiger partial charge in [-0.15, -0.1) is 11.3 Å². The fourth-order valence-electron chi connectivity index (χ4n) is 3.99. The topological polar surface area (TPSA) is 80.8 Å². The van der Waals surface area contributed by atoms with E-state index in [1.54, 1.807) is 0 Å². The molecule has 4 rings (SSSR count). The number of amides is 3. The van der Waals surface area contributed by atoms with Gasteiger partial charge < -0.3 is 15.1 Å². The highest BCUT2D eigenvalue weighted by Crippen LogP contribution is 2.28. The van der Waals surface area contributed by atoms with Crippen molar-refractivity contribution in [3.05, 3.63) is 39.9 Å². The molecule has 1 aromatic carbocycles. The van der Waals surface area contributed by atoms with Crippen LogP contribution in [0.1, 0.15) is 24.4 Å². The summed E-state index contributed by atoms with van der Waals surface area (Å²) < 4.78 is 0. The first kappa shape index (κ1) is 22.8. The molecule has 3 heterocycles. The zero-order chi connectivity index (χ0) is 22.7. The Kier molecular flexibility index (Phi) is 7.17. The monoisotopic (exact) mass is 476 g/mol. The Morgan fingerprint density at radius 3 is 2.53 bits per heavy atom. The maximum atomic E-state index is 12.9. The van der Waals surface area contributed by atoms with E-state index in [2.05, 4.69) is 25.4 Å². The number of aromatic nitrogens is 1. The van der Waals surface area contributed by atoms with E-state index in [4.69, 9.17) is 11.6 Å². The molecule has 8 nitrogen and oxygen atoms in total. The maximum Gasteiger partial charge on any atom is 0.321 e. The molecule has 0 saturated carbocycles. The highest BCUT2D eigenvalue weighted by atomic mass is 35.5. The van der Waals surface area contributed by atoms with Gasteiger partial charge in [-0.2, -0.15) is 0 Å². The molecule has 0 unspecified atom stereocenters. The zero-order valence-corrected chi connectivity index (χ0v) is 20.0. The Hall–Kier alpha value is -2.36. The summed E-state index contributed by atoms with van der Waals surface area (Å²) in [4.78, 5) is 36.9. The van der Waals surface area contributed by atoms with Crippen molar-refractivity contribution in [3.8, 4) is 0 Å². The Balaban J connectivity index is 1.26. The Morgan fingerprint density at radius 1 is 1.12 bits per heavy atom. The molecule has 1 saturated heterocycles. The third-order valence-corrected chi connectivity index (χ3v) is 6.88. The second-order valence-electron chi connectivity index (χ2n) is 8.45. The fraction of sp³-hybridized carbons (Fsp3) is 0.500. The van der Waals surface area contributed by atoms with Gasteiger partial charge in [0.05, 0.1) is 12.2 Å². The van der Waals surface area contributed by atoms with Gasteiger partial charge in [0.25, 0.3) is 0 Å². The quantitative estimate of drug-likeness (QED) is 0.693. The van der Waals surface area contributed by atoms with Crippen molar-refractivity contribution in [2.75, 3.05) is 49.5 Å². The molecule has 32 heavy (non-hydrogen) atoms. The number of carbonyl (C=O) groups is 2. The number of benzene rings is 1. The smallest absolute Gasteiger partial charge is 0.321 e. The van der Waals surface area contributed by atoms with E-state index in [1.807, 2.05) is 43.0 Å².